The molecule has 0 saturated heterocycles. The largest absolute Gasteiger partial charge is 0.310 e. The molecular formula is C24H27N. The first-order chi connectivity index (χ1) is 12.1. The standard InChI is InChI=1S/C22H21N.C2H6/c1-16-12-14-17(15-13-16)23-20-10-6-4-8-18(20)22(2,3)19-9-5-7-11-21(19)23;1-2/h4-15H,1-3H3;1-2H3. The van der Waals surface area contributed by atoms with Gasteiger partial charge in [0, 0.05) is 11.1 Å². The fraction of sp³-hybridized carbons (Fsp3) is 0.250. The molecule has 0 aliphatic carbocycles. The number of hydrogen-bond donors (Lipinski definition) is 0. The highest BCUT2D eigenvalue weighted by molar-refractivity contribution is 5.85. The van der Waals surface area contributed by atoms with Crippen molar-refractivity contribution >= 4 is 17.1 Å². The number of benzene rings is 3. The predicted octanol–water partition coefficient (Wildman–Crippen LogP) is 7.13. The van der Waals surface area contributed by atoms with Gasteiger partial charge in [-0.15, -0.1) is 0 Å². The molecule has 0 N–H and O–H groups in total. The molecule has 128 valence electrons. The number of anilines is 3. The van der Waals surface area contributed by atoms with Crippen LogP contribution in [0.2, 0.25) is 0 Å². The Morgan fingerprint density at radius 1 is 0.640 bits per heavy atom. The Kier molecular flexibility index (Phi) is 4.67. The lowest BCUT2D eigenvalue weighted by Gasteiger charge is -2.42. The van der Waals surface area contributed by atoms with Crippen LogP contribution in [-0.4, -0.2) is 0 Å². The van der Waals surface area contributed by atoms with Crippen LogP contribution in [0.5, 0.6) is 0 Å². The molecular weight excluding hydrogens is 302 g/mol. The third kappa shape index (κ3) is 2.84. The lowest BCUT2D eigenvalue weighted by molar-refractivity contribution is 0.632. The van der Waals surface area contributed by atoms with Gasteiger partial charge in [-0.2, -0.15) is 0 Å². The van der Waals surface area contributed by atoms with E-state index in [0.29, 0.717) is 0 Å². The number of hydrogen-bond acceptors (Lipinski definition) is 1. The average Bonchev–Trinajstić information content (AvgIpc) is 2.65. The minimum atomic E-state index is 0.00832. The van der Waals surface area contributed by atoms with Crippen molar-refractivity contribution in [1.82, 2.24) is 0 Å². The maximum atomic E-state index is 2.38. The van der Waals surface area contributed by atoms with Gasteiger partial charge in [0.15, 0.2) is 0 Å². The normalized spacial score (nSPS) is 14.0. The van der Waals surface area contributed by atoms with E-state index in [4.69, 9.17) is 0 Å². The molecule has 0 bridgehead atoms. The highest BCUT2D eigenvalue weighted by Crippen LogP contribution is 2.51. The molecule has 0 fully saturated rings. The third-order valence-electron chi connectivity index (χ3n) is 4.93. The number of fused-ring (bicyclic) bond motifs is 2. The molecule has 3 aromatic rings. The van der Waals surface area contributed by atoms with Crippen molar-refractivity contribution in [3.63, 3.8) is 0 Å². The van der Waals surface area contributed by atoms with Crippen molar-refractivity contribution in [2.45, 2.75) is 40.0 Å². The van der Waals surface area contributed by atoms with Gasteiger partial charge in [-0.3, -0.25) is 0 Å². The van der Waals surface area contributed by atoms with Crippen molar-refractivity contribution in [2.24, 2.45) is 0 Å². The first kappa shape index (κ1) is 17.3. The van der Waals surface area contributed by atoms with Crippen LogP contribution in [0.15, 0.2) is 72.8 Å². The molecule has 0 aromatic heterocycles. The van der Waals surface area contributed by atoms with Gasteiger partial charge in [-0.1, -0.05) is 81.8 Å². The molecule has 1 aliphatic rings. The zero-order valence-corrected chi connectivity index (χ0v) is 15.9. The molecule has 1 heteroatoms. The molecule has 0 unspecified atom stereocenters. The lowest BCUT2D eigenvalue weighted by Crippen LogP contribution is -2.30. The van der Waals surface area contributed by atoms with Gasteiger partial charge < -0.3 is 4.90 Å². The van der Waals surface area contributed by atoms with Gasteiger partial charge in [0.05, 0.1) is 11.4 Å². The minimum absolute atomic E-state index is 0.00832. The van der Waals surface area contributed by atoms with Gasteiger partial charge in [0.1, 0.15) is 0 Å². The second-order valence-electron chi connectivity index (χ2n) is 6.83. The van der Waals surface area contributed by atoms with Crippen molar-refractivity contribution in [3.05, 3.63) is 89.5 Å². The molecule has 1 aliphatic heterocycles. The molecule has 4 rings (SSSR count). The van der Waals surface area contributed by atoms with Gasteiger partial charge in [-0.25, -0.2) is 0 Å². The molecule has 0 spiro atoms. The van der Waals surface area contributed by atoms with Crippen LogP contribution in [0.3, 0.4) is 0 Å². The summed E-state index contributed by atoms with van der Waals surface area (Å²) in [6.07, 6.45) is 0. The van der Waals surface area contributed by atoms with Crippen LogP contribution in [0.1, 0.15) is 44.4 Å². The van der Waals surface area contributed by atoms with E-state index in [2.05, 4.69) is 98.5 Å². The van der Waals surface area contributed by atoms with Gasteiger partial charge in [-0.05, 0) is 42.3 Å². The van der Waals surface area contributed by atoms with E-state index in [1.54, 1.807) is 0 Å². The summed E-state index contributed by atoms with van der Waals surface area (Å²) >= 11 is 0. The Bertz CT molecular complexity index is 810. The maximum Gasteiger partial charge on any atom is 0.0502 e. The highest BCUT2D eigenvalue weighted by atomic mass is 15.2. The first-order valence-corrected chi connectivity index (χ1v) is 9.15. The van der Waals surface area contributed by atoms with Crippen LogP contribution >= 0.6 is 0 Å². The van der Waals surface area contributed by atoms with Crippen LogP contribution in [0.4, 0.5) is 17.1 Å². The quantitative estimate of drug-likeness (QED) is 0.459. The Morgan fingerprint density at radius 3 is 1.56 bits per heavy atom. The van der Waals surface area contributed by atoms with E-state index >= 15 is 0 Å². The number of aryl methyl sites for hydroxylation is 1. The summed E-state index contributed by atoms with van der Waals surface area (Å²) < 4.78 is 0. The van der Waals surface area contributed by atoms with E-state index in [0.717, 1.165) is 0 Å². The highest BCUT2D eigenvalue weighted by Gasteiger charge is 2.36. The van der Waals surface area contributed by atoms with Crippen molar-refractivity contribution in [2.75, 3.05) is 4.90 Å². The summed E-state index contributed by atoms with van der Waals surface area (Å²) in [5, 5.41) is 0. The average molecular weight is 329 g/mol. The summed E-state index contributed by atoms with van der Waals surface area (Å²) in [4.78, 5) is 2.38. The van der Waals surface area contributed by atoms with E-state index in [9.17, 15) is 0 Å². The summed E-state index contributed by atoms with van der Waals surface area (Å²) in [7, 11) is 0. The number of para-hydroxylation sites is 2. The molecule has 1 heterocycles. The zero-order chi connectivity index (χ0) is 18.0. The number of rotatable bonds is 1. The molecule has 0 atom stereocenters. The summed E-state index contributed by atoms with van der Waals surface area (Å²) in [6, 6.07) is 26.3. The molecule has 3 aromatic carbocycles. The summed E-state index contributed by atoms with van der Waals surface area (Å²) in [6.45, 7) is 10.8. The van der Waals surface area contributed by atoms with Crippen molar-refractivity contribution < 1.29 is 0 Å². The number of nitrogens with zero attached hydrogens (tertiary/aromatic N) is 1. The Labute approximate surface area is 151 Å². The smallest absolute Gasteiger partial charge is 0.0502 e. The zero-order valence-electron chi connectivity index (χ0n) is 15.9. The van der Waals surface area contributed by atoms with Crippen LogP contribution in [0.25, 0.3) is 0 Å². The van der Waals surface area contributed by atoms with E-state index < -0.39 is 0 Å². The predicted molar refractivity (Wildman–Crippen MR) is 109 cm³/mol. The maximum absolute atomic E-state index is 2.38. The lowest BCUT2D eigenvalue weighted by atomic mass is 9.73. The van der Waals surface area contributed by atoms with Gasteiger partial charge in [0.2, 0.25) is 0 Å². The second-order valence-corrected chi connectivity index (χ2v) is 6.83. The topological polar surface area (TPSA) is 3.24 Å². The Hall–Kier alpha value is -2.54. The molecule has 25 heavy (non-hydrogen) atoms. The van der Waals surface area contributed by atoms with E-state index in [1.165, 1.54) is 33.8 Å². The molecule has 0 saturated carbocycles. The fourth-order valence-electron chi connectivity index (χ4n) is 3.64. The minimum Gasteiger partial charge on any atom is -0.310 e. The first-order valence-electron chi connectivity index (χ1n) is 9.15. The summed E-state index contributed by atoms with van der Waals surface area (Å²) in [5.41, 5.74) is 7.81. The van der Waals surface area contributed by atoms with Crippen molar-refractivity contribution in [1.29, 1.82) is 0 Å². The van der Waals surface area contributed by atoms with Crippen molar-refractivity contribution in [3.8, 4) is 0 Å². The van der Waals surface area contributed by atoms with Gasteiger partial charge >= 0.3 is 0 Å². The Balaban J connectivity index is 0.000000880. The Morgan fingerprint density at radius 2 is 1.08 bits per heavy atom. The fourth-order valence-corrected chi connectivity index (χ4v) is 3.64. The van der Waals surface area contributed by atoms with Crippen LogP contribution in [0, 0.1) is 6.92 Å². The molecule has 1 nitrogen and oxygen atoms in total. The molecule has 0 amide bonds. The second kappa shape index (κ2) is 6.76. The monoisotopic (exact) mass is 329 g/mol. The third-order valence-corrected chi connectivity index (χ3v) is 4.93. The van der Waals surface area contributed by atoms with Gasteiger partial charge in [0.25, 0.3) is 0 Å². The van der Waals surface area contributed by atoms with E-state index in [-0.39, 0.29) is 5.41 Å². The molecule has 0 radical (unpaired) electrons. The SMILES string of the molecule is CC.Cc1ccc(N2c3ccccc3C(C)(C)c3ccccc32)cc1. The van der Waals surface area contributed by atoms with Crippen LogP contribution in [-0.2, 0) is 5.41 Å². The summed E-state index contributed by atoms with van der Waals surface area (Å²) in [5.74, 6) is 0. The van der Waals surface area contributed by atoms with E-state index in [1.807, 2.05) is 13.8 Å². The van der Waals surface area contributed by atoms with Crippen LogP contribution < -0.4 is 4.90 Å².